The van der Waals surface area contributed by atoms with Crippen molar-refractivity contribution < 1.29 is 9.32 Å². The number of nitrogens with zero attached hydrogens (tertiary/aromatic N) is 3. The van der Waals surface area contributed by atoms with Crippen LogP contribution in [0.2, 0.25) is 0 Å². The van der Waals surface area contributed by atoms with Crippen LogP contribution in [0.3, 0.4) is 0 Å². The number of allylic oxidation sites excluding steroid dienone is 1. The molecule has 0 bridgehead atoms. The van der Waals surface area contributed by atoms with E-state index in [0.29, 0.717) is 18.3 Å². The predicted molar refractivity (Wildman–Crippen MR) is 123 cm³/mol. The molecule has 6 nitrogen and oxygen atoms in total. The van der Waals surface area contributed by atoms with E-state index >= 15 is 0 Å². The lowest BCUT2D eigenvalue weighted by Crippen LogP contribution is -2.46. The Bertz CT molecular complexity index is 1130. The Hall–Kier alpha value is -3.32. The third kappa shape index (κ3) is 4.14. The van der Waals surface area contributed by atoms with Gasteiger partial charge in [0.25, 0.3) is 5.89 Å². The number of hydrogen-bond donors (Lipinski definition) is 1. The van der Waals surface area contributed by atoms with E-state index < -0.39 is 0 Å². The smallest absolute Gasteiger partial charge is 0.322 e. The SMILES string of the molecule is C=CCN1C(=O)NC(c2ccc(C)cc2)C(c2nc(-c3ccc(SC)cc3)no2)=C1C. The zero-order valence-corrected chi connectivity index (χ0v) is 18.6. The van der Waals surface area contributed by atoms with Crippen LogP contribution in [0.25, 0.3) is 17.0 Å². The maximum Gasteiger partial charge on any atom is 0.322 e. The molecule has 1 N–H and O–H groups in total. The fourth-order valence-corrected chi connectivity index (χ4v) is 4.01. The molecule has 1 aliphatic heterocycles. The van der Waals surface area contributed by atoms with Gasteiger partial charge in [-0.25, -0.2) is 4.79 Å². The summed E-state index contributed by atoms with van der Waals surface area (Å²) < 4.78 is 5.69. The summed E-state index contributed by atoms with van der Waals surface area (Å²) in [6, 6.07) is 15.5. The fourth-order valence-electron chi connectivity index (χ4n) is 3.61. The molecule has 158 valence electrons. The standard InChI is InChI=1S/C24H24N4O2S/c1-5-14-28-16(3)20(21(25-24(28)29)17-8-6-15(2)7-9-17)23-26-22(27-30-23)18-10-12-19(31-4)13-11-18/h5-13,21H,1,14H2,2-4H3,(H,25,29). The Morgan fingerprint density at radius 2 is 1.87 bits per heavy atom. The van der Waals surface area contributed by atoms with E-state index in [9.17, 15) is 4.79 Å². The number of amides is 2. The van der Waals surface area contributed by atoms with Gasteiger partial charge in [-0.1, -0.05) is 41.1 Å². The van der Waals surface area contributed by atoms with E-state index in [4.69, 9.17) is 4.52 Å². The Labute approximate surface area is 186 Å². The van der Waals surface area contributed by atoms with Crippen LogP contribution < -0.4 is 5.32 Å². The molecule has 0 saturated heterocycles. The molecule has 3 aromatic rings. The second kappa shape index (κ2) is 8.81. The van der Waals surface area contributed by atoms with Crippen molar-refractivity contribution in [3.8, 4) is 11.4 Å². The normalized spacial score (nSPS) is 16.4. The van der Waals surface area contributed by atoms with Gasteiger partial charge in [0.15, 0.2) is 0 Å². The molecule has 1 unspecified atom stereocenters. The lowest BCUT2D eigenvalue weighted by atomic mass is 9.94. The van der Waals surface area contributed by atoms with Crippen LogP contribution in [0.15, 0.2) is 76.3 Å². The van der Waals surface area contributed by atoms with E-state index in [0.717, 1.165) is 28.0 Å². The first kappa shape index (κ1) is 20.9. The van der Waals surface area contributed by atoms with E-state index in [1.807, 2.05) is 68.6 Å². The molecule has 1 atom stereocenters. The van der Waals surface area contributed by atoms with Gasteiger partial charge in [0.2, 0.25) is 5.82 Å². The first-order valence-corrected chi connectivity index (χ1v) is 11.2. The van der Waals surface area contributed by atoms with Gasteiger partial charge >= 0.3 is 6.03 Å². The Morgan fingerprint density at radius 1 is 1.16 bits per heavy atom. The number of carbonyl (C=O) groups is 1. The highest BCUT2D eigenvalue weighted by molar-refractivity contribution is 7.98. The molecule has 0 fully saturated rings. The fraction of sp³-hybridized carbons (Fsp3) is 0.208. The molecule has 7 heteroatoms. The van der Waals surface area contributed by atoms with Gasteiger partial charge in [-0.05, 0) is 49.9 Å². The van der Waals surface area contributed by atoms with Gasteiger partial charge in [-0.15, -0.1) is 18.3 Å². The monoisotopic (exact) mass is 432 g/mol. The number of nitrogens with one attached hydrogen (secondary N) is 1. The molecule has 0 radical (unpaired) electrons. The number of thioether (sulfide) groups is 1. The first-order valence-electron chi connectivity index (χ1n) is 9.96. The summed E-state index contributed by atoms with van der Waals surface area (Å²) in [6.07, 6.45) is 3.73. The summed E-state index contributed by atoms with van der Waals surface area (Å²) in [7, 11) is 0. The van der Waals surface area contributed by atoms with Crippen molar-refractivity contribution in [3.05, 3.63) is 83.9 Å². The highest BCUT2D eigenvalue weighted by atomic mass is 32.2. The second-order valence-corrected chi connectivity index (χ2v) is 8.22. The van der Waals surface area contributed by atoms with Crippen molar-refractivity contribution in [2.45, 2.75) is 24.8 Å². The molecule has 2 heterocycles. The molecule has 0 spiro atoms. The quantitative estimate of drug-likeness (QED) is 0.414. The molecule has 1 aliphatic rings. The highest BCUT2D eigenvalue weighted by Crippen LogP contribution is 2.37. The van der Waals surface area contributed by atoms with E-state index in [2.05, 4.69) is 22.0 Å². The number of rotatable bonds is 6. The molecule has 1 aromatic heterocycles. The number of urea groups is 1. The Kier molecular flexibility index (Phi) is 5.95. The highest BCUT2D eigenvalue weighted by Gasteiger charge is 2.35. The molecular weight excluding hydrogens is 408 g/mol. The van der Waals surface area contributed by atoms with Crippen molar-refractivity contribution >= 4 is 23.4 Å². The summed E-state index contributed by atoms with van der Waals surface area (Å²) in [5, 5.41) is 7.29. The largest absolute Gasteiger partial charge is 0.334 e. The van der Waals surface area contributed by atoms with Crippen molar-refractivity contribution in [1.29, 1.82) is 0 Å². The Morgan fingerprint density at radius 3 is 2.52 bits per heavy atom. The number of benzene rings is 2. The van der Waals surface area contributed by atoms with Gasteiger partial charge in [-0.3, -0.25) is 4.90 Å². The van der Waals surface area contributed by atoms with Gasteiger partial charge in [0, 0.05) is 22.7 Å². The Balaban J connectivity index is 1.78. The van der Waals surface area contributed by atoms with E-state index in [-0.39, 0.29) is 12.1 Å². The minimum atomic E-state index is -0.388. The van der Waals surface area contributed by atoms with Crippen molar-refractivity contribution in [2.75, 3.05) is 12.8 Å². The lowest BCUT2D eigenvalue weighted by molar-refractivity contribution is 0.209. The molecular formula is C24H24N4O2S. The van der Waals surface area contributed by atoms with Crippen LogP contribution in [0.4, 0.5) is 4.79 Å². The molecule has 2 aromatic carbocycles. The van der Waals surface area contributed by atoms with Gasteiger partial charge in [0.1, 0.15) is 0 Å². The van der Waals surface area contributed by atoms with Gasteiger partial charge in [-0.2, -0.15) is 4.98 Å². The molecule has 31 heavy (non-hydrogen) atoms. The molecule has 4 rings (SSSR count). The topological polar surface area (TPSA) is 71.3 Å². The summed E-state index contributed by atoms with van der Waals surface area (Å²) in [5.74, 6) is 0.902. The van der Waals surface area contributed by atoms with Crippen LogP contribution in [0.5, 0.6) is 0 Å². The van der Waals surface area contributed by atoms with E-state index in [1.54, 1.807) is 22.7 Å². The van der Waals surface area contributed by atoms with Crippen LogP contribution >= 0.6 is 11.8 Å². The zero-order valence-electron chi connectivity index (χ0n) is 17.8. The number of aromatic nitrogens is 2. The first-order chi connectivity index (χ1) is 15.0. The van der Waals surface area contributed by atoms with Crippen molar-refractivity contribution in [1.82, 2.24) is 20.4 Å². The van der Waals surface area contributed by atoms with Crippen LogP contribution in [0, 0.1) is 6.92 Å². The third-order valence-electron chi connectivity index (χ3n) is 5.32. The molecule has 0 saturated carbocycles. The van der Waals surface area contributed by atoms with Gasteiger partial charge < -0.3 is 9.84 Å². The maximum absolute atomic E-state index is 12.8. The van der Waals surface area contributed by atoms with Gasteiger partial charge in [0.05, 0.1) is 11.6 Å². The van der Waals surface area contributed by atoms with Crippen LogP contribution in [-0.2, 0) is 0 Å². The lowest BCUT2D eigenvalue weighted by Gasteiger charge is -2.34. The number of aryl methyl sites for hydroxylation is 1. The van der Waals surface area contributed by atoms with Crippen molar-refractivity contribution in [2.24, 2.45) is 0 Å². The molecule has 2 amide bonds. The third-order valence-corrected chi connectivity index (χ3v) is 6.07. The summed E-state index contributed by atoms with van der Waals surface area (Å²) in [5.41, 5.74) is 4.53. The summed E-state index contributed by atoms with van der Waals surface area (Å²) >= 11 is 1.68. The van der Waals surface area contributed by atoms with Crippen LogP contribution in [-0.4, -0.2) is 33.9 Å². The maximum atomic E-state index is 12.8. The van der Waals surface area contributed by atoms with Crippen LogP contribution in [0.1, 0.15) is 30.0 Å². The summed E-state index contributed by atoms with van der Waals surface area (Å²) in [4.78, 5) is 20.2. The average Bonchev–Trinajstić information content (AvgIpc) is 3.26. The average molecular weight is 433 g/mol. The minimum Gasteiger partial charge on any atom is -0.334 e. The molecule has 0 aliphatic carbocycles. The number of carbonyl (C=O) groups excluding carboxylic acids is 1. The number of hydrogen-bond acceptors (Lipinski definition) is 5. The zero-order chi connectivity index (χ0) is 22.0. The predicted octanol–water partition coefficient (Wildman–Crippen LogP) is 5.45. The van der Waals surface area contributed by atoms with Crippen molar-refractivity contribution in [3.63, 3.8) is 0 Å². The second-order valence-electron chi connectivity index (χ2n) is 7.34. The van der Waals surface area contributed by atoms with E-state index in [1.165, 1.54) is 4.90 Å². The summed E-state index contributed by atoms with van der Waals surface area (Å²) in [6.45, 7) is 8.09. The minimum absolute atomic E-state index is 0.181.